The van der Waals surface area contributed by atoms with Gasteiger partial charge in [-0.15, -0.1) is 0 Å². The molecular weight excluding hydrogens is 300 g/mol. The number of hydrogen-bond acceptors (Lipinski definition) is 5. The second kappa shape index (κ2) is 8.09. The Morgan fingerprint density at radius 3 is 2.45 bits per heavy atom. The van der Waals surface area contributed by atoms with Crippen LogP contribution in [0, 0.1) is 0 Å². The molecule has 0 atom stereocenters. The molecule has 1 N–H and O–H groups in total. The van der Waals surface area contributed by atoms with Gasteiger partial charge >= 0.3 is 0 Å². The zero-order valence-corrected chi connectivity index (χ0v) is 13.1. The molecule has 5 nitrogen and oxygen atoms in total. The summed E-state index contributed by atoms with van der Waals surface area (Å²) in [6.45, 7) is 0. The molecule has 0 bridgehead atoms. The molecule has 114 valence electrons. The van der Waals surface area contributed by atoms with Crippen LogP contribution in [0.2, 0.25) is 0 Å². The molecule has 0 fully saturated rings. The van der Waals surface area contributed by atoms with Crippen molar-refractivity contribution in [2.45, 2.75) is 4.90 Å². The summed E-state index contributed by atoms with van der Waals surface area (Å²) >= 11 is 1.17. The van der Waals surface area contributed by atoms with E-state index in [1.54, 1.807) is 13.1 Å². The van der Waals surface area contributed by atoms with Gasteiger partial charge in [-0.05, 0) is 18.2 Å². The Morgan fingerprint density at radius 2 is 1.77 bits per heavy atom. The van der Waals surface area contributed by atoms with Crippen LogP contribution in [-0.4, -0.2) is 25.8 Å². The number of benzene rings is 2. The first kappa shape index (κ1) is 15.9. The number of oxime groups is 1. The average Bonchev–Trinajstić information content (AvgIpc) is 2.58. The number of nitrogens with one attached hydrogen (secondary N) is 1. The maximum Gasteiger partial charge on any atom is 0.273 e. The Hall–Kier alpha value is -2.47. The van der Waals surface area contributed by atoms with Crippen LogP contribution in [0.1, 0.15) is 5.56 Å². The number of amides is 1. The monoisotopic (exact) mass is 316 g/mol. The van der Waals surface area contributed by atoms with Crippen LogP contribution in [0.25, 0.3) is 0 Å². The van der Waals surface area contributed by atoms with Crippen molar-refractivity contribution in [3.63, 3.8) is 0 Å². The van der Waals surface area contributed by atoms with Crippen molar-refractivity contribution in [3.8, 4) is 5.75 Å². The van der Waals surface area contributed by atoms with E-state index < -0.39 is 0 Å². The second-order valence-electron chi connectivity index (χ2n) is 4.18. The number of hydrogen-bond donors (Lipinski definition) is 1. The number of nitrogens with zero attached hydrogens (tertiary/aromatic N) is 1. The van der Waals surface area contributed by atoms with E-state index in [2.05, 4.69) is 10.5 Å². The molecule has 2 rings (SSSR count). The lowest BCUT2D eigenvalue weighted by Gasteiger charge is -2.10. The van der Waals surface area contributed by atoms with E-state index >= 15 is 0 Å². The third-order valence-electron chi connectivity index (χ3n) is 2.74. The van der Waals surface area contributed by atoms with Crippen LogP contribution in [0.15, 0.2) is 64.6 Å². The molecule has 0 unspecified atom stereocenters. The number of carbonyl (C=O) groups excluding carboxylic acids is 1. The molecule has 0 heterocycles. The van der Waals surface area contributed by atoms with E-state index in [0.29, 0.717) is 5.56 Å². The van der Waals surface area contributed by atoms with Gasteiger partial charge in [-0.25, -0.2) is 0 Å². The quantitative estimate of drug-likeness (QED) is 0.506. The van der Waals surface area contributed by atoms with E-state index in [-0.39, 0.29) is 11.6 Å². The number of para-hydroxylation sites is 1. The molecule has 2 aromatic carbocycles. The second-order valence-corrected chi connectivity index (χ2v) is 4.95. The molecule has 0 aliphatic heterocycles. The third kappa shape index (κ3) is 4.02. The Bertz CT molecular complexity index is 659. The third-order valence-corrected chi connectivity index (χ3v) is 3.55. The number of likely N-dealkylation sites (N-methyl/N-ethyl adjacent to an activating group) is 1. The fourth-order valence-electron chi connectivity index (χ4n) is 1.73. The minimum atomic E-state index is -0.324. The smallest absolute Gasteiger partial charge is 0.273 e. The van der Waals surface area contributed by atoms with Gasteiger partial charge in [0.2, 0.25) is 0 Å². The Balaban J connectivity index is 2.26. The van der Waals surface area contributed by atoms with Gasteiger partial charge in [-0.2, -0.15) is 0 Å². The molecule has 0 saturated heterocycles. The van der Waals surface area contributed by atoms with Crippen molar-refractivity contribution < 1.29 is 13.8 Å². The molecule has 1 amide bonds. The SMILES string of the molecule is CNC(=O)/C(=N/OC)c1ccccc1SOc1ccccc1. The minimum Gasteiger partial charge on any atom is -0.421 e. The lowest BCUT2D eigenvalue weighted by atomic mass is 10.1. The molecule has 22 heavy (non-hydrogen) atoms. The van der Waals surface area contributed by atoms with Gasteiger partial charge < -0.3 is 14.3 Å². The molecule has 6 heteroatoms. The number of rotatable bonds is 6. The van der Waals surface area contributed by atoms with Gasteiger partial charge in [0.15, 0.2) is 5.71 Å². The van der Waals surface area contributed by atoms with Crippen LogP contribution in [0.3, 0.4) is 0 Å². The summed E-state index contributed by atoms with van der Waals surface area (Å²) in [5, 5.41) is 6.37. The van der Waals surface area contributed by atoms with E-state index in [9.17, 15) is 4.79 Å². The summed E-state index contributed by atoms with van der Waals surface area (Å²) < 4.78 is 5.66. The molecule has 0 aliphatic carbocycles. The van der Waals surface area contributed by atoms with Gasteiger partial charge in [-0.1, -0.05) is 41.6 Å². The van der Waals surface area contributed by atoms with Crippen LogP contribution < -0.4 is 9.50 Å². The average molecular weight is 316 g/mol. The highest BCUT2D eigenvalue weighted by molar-refractivity contribution is 7.95. The van der Waals surface area contributed by atoms with E-state index in [1.165, 1.54) is 19.2 Å². The lowest BCUT2D eigenvalue weighted by molar-refractivity contribution is -0.114. The van der Waals surface area contributed by atoms with Gasteiger partial charge in [0, 0.05) is 12.6 Å². The zero-order chi connectivity index (χ0) is 15.8. The van der Waals surface area contributed by atoms with Crippen LogP contribution >= 0.6 is 12.0 Å². The van der Waals surface area contributed by atoms with Gasteiger partial charge in [0.25, 0.3) is 5.91 Å². The normalized spacial score (nSPS) is 10.9. The van der Waals surface area contributed by atoms with Gasteiger partial charge in [0.05, 0.1) is 16.9 Å². The van der Waals surface area contributed by atoms with Crippen molar-refractivity contribution in [2.24, 2.45) is 5.16 Å². The maximum atomic E-state index is 12.0. The van der Waals surface area contributed by atoms with Crippen LogP contribution in [0.5, 0.6) is 5.75 Å². The standard InChI is InChI=1S/C16H16N2O3S/c1-17-16(19)15(18-20-2)13-10-6-7-11-14(13)22-21-12-8-4-3-5-9-12/h3-11H,1-2H3,(H,17,19)/b18-15+. The fourth-order valence-corrected chi connectivity index (χ4v) is 2.41. The Labute approximate surface area is 133 Å². The zero-order valence-electron chi connectivity index (χ0n) is 12.3. The summed E-state index contributed by atoms with van der Waals surface area (Å²) in [6, 6.07) is 16.8. The molecule has 0 aromatic heterocycles. The summed E-state index contributed by atoms with van der Waals surface area (Å²) in [4.78, 5) is 17.5. The molecule has 0 saturated carbocycles. The van der Waals surface area contributed by atoms with E-state index in [0.717, 1.165) is 10.6 Å². The first-order chi connectivity index (χ1) is 10.8. The molecule has 0 aliphatic rings. The largest absolute Gasteiger partial charge is 0.421 e. The Kier molecular flexibility index (Phi) is 5.85. The summed E-state index contributed by atoms with van der Waals surface area (Å²) in [6.07, 6.45) is 0. The molecular formula is C16H16N2O3S. The van der Waals surface area contributed by atoms with E-state index in [1.807, 2.05) is 48.5 Å². The van der Waals surface area contributed by atoms with Gasteiger partial charge in [-0.3, -0.25) is 4.79 Å². The fraction of sp³-hybridized carbons (Fsp3) is 0.125. The first-order valence-corrected chi connectivity index (χ1v) is 7.32. The predicted octanol–water partition coefficient (Wildman–Crippen LogP) is 2.87. The maximum absolute atomic E-state index is 12.0. The van der Waals surface area contributed by atoms with Crippen molar-refractivity contribution in [3.05, 3.63) is 60.2 Å². The highest BCUT2D eigenvalue weighted by Crippen LogP contribution is 2.26. The molecule has 0 spiro atoms. The first-order valence-electron chi connectivity index (χ1n) is 6.58. The highest BCUT2D eigenvalue weighted by atomic mass is 32.2. The van der Waals surface area contributed by atoms with Crippen molar-refractivity contribution in [2.75, 3.05) is 14.2 Å². The minimum absolute atomic E-state index is 0.199. The number of carbonyl (C=O) groups is 1. The van der Waals surface area contributed by atoms with Crippen molar-refractivity contribution in [1.29, 1.82) is 0 Å². The lowest BCUT2D eigenvalue weighted by Crippen LogP contribution is -2.29. The summed E-state index contributed by atoms with van der Waals surface area (Å²) in [7, 11) is 2.95. The Morgan fingerprint density at radius 1 is 1.09 bits per heavy atom. The highest BCUT2D eigenvalue weighted by Gasteiger charge is 2.18. The van der Waals surface area contributed by atoms with Crippen molar-refractivity contribution in [1.82, 2.24) is 5.32 Å². The molecule has 2 aromatic rings. The van der Waals surface area contributed by atoms with Crippen LogP contribution in [-0.2, 0) is 9.63 Å². The van der Waals surface area contributed by atoms with Crippen LogP contribution in [0.4, 0.5) is 0 Å². The topological polar surface area (TPSA) is 59.9 Å². The predicted molar refractivity (Wildman–Crippen MR) is 87.0 cm³/mol. The molecule has 0 radical (unpaired) electrons. The van der Waals surface area contributed by atoms with E-state index in [4.69, 9.17) is 9.02 Å². The van der Waals surface area contributed by atoms with Crippen molar-refractivity contribution >= 4 is 23.7 Å². The van der Waals surface area contributed by atoms with Gasteiger partial charge in [0.1, 0.15) is 12.9 Å². The summed E-state index contributed by atoms with van der Waals surface area (Å²) in [5.74, 6) is 0.405. The summed E-state index contributed by atoms with van der Waals surface area (Å²) in [5.41, 5.74) is 0.842.